The van der Waals surface area contributed by atoms with Gasteiger partial charge in [-0.05, 0) is 36.6 Å². The molecule has 1 aliphatic rings. The van der Waals surface area contributed by atoms with Gasteiger partial charge in [-0.15, -0.1) is 0 Å². The molecule has 1 aliphatic heterocycles. The first-order valence-electron chi connectivity index (χ1n) is 10.4. The maximum absolute atomic E-state index is 12.3. The molecule has 1 N–H and O–H groups in total. The molecule has 0 saturated carbocycles. The highest BCUT2D eigenvalue weighted by Crippen LogP contribution is 2.21. The van der Waals surface area contributed by atoms with Crippen molar-refractivity contribution in [3.05, 3.63) is 82.2 Å². The summed E-state index contributed by atoms with van der Waals surface area (Å²) < 4.78 is 5.17. The second kappa shape index (κ2) is 9.97. The molecule has 3 aromatic rings. The Hall–Kier alpha value is -3.85. The van der Waals surface area contributed by atoms with E-state index >= 15 is 0 Å². The quantitative estimate of drug-likeness (QED) is 0.345. The Morgan fingerprint density at radius 1 is 1.16 bits per heavy atom. The number of nitrogens with one attached hydrogen (secondary N) is 1. The van der Waals surface area contributed by atoms with E-state index < -0.39 is 4.92 Å². The van der Waals surface area contributed by atoms with E-state index in [0.717, 1.165) is 32.5 Å². The number of carbonyl (C=O) groups is 1. The zero-order valence-electron chi connectivity index (χ0n) is 17.4. The van der Waals surface area contributed by atoms with Crippen molar-refractivity contribution in [3.63, 3.8) is 0 Å². The summed E-state index contributed by atoms with van der Waals surface area (Å²) in [5.74, 6) is 0.283. The first-order chi connectivity index (χ1) is 15.6. The molecule has 32 heavy (non-hydrogen) atoms. The molecule has 1 amide bonds. The van der Waals surface area contributed by atoms with Crippen LogP contribution in [0.4, 0.5) is 5.69 Å². The largest absolute Gasteiger partial charge is 0.350 e. The van der Waals surface area contributed by atoms with Gasteiger partial charge in [-0.3, -0.25) is 19.8 Å². The van der Waals surface area contributed by atoms with Crippen molar-refractivity contribution in [2.75, 3.05) is 13.1 Å². The summed E-state index contributed by atoms with van der Waals surface area (Å²) >= 11 is 0. The van der Waals surface area contributed by atoms with Gasteiger partial charge >= 0.3 is 0 Å². The van der Waals surface area contributed by atoms with Gasteiger partial charge in [-0.25, -0.2) is 0 Å². The van der Waals surface area contributed by atoms with Crippen molar-refractivity contribution in [2.45, 2.75) is 25.4 Å². The Bertz CT molecular complexity index is 1090. The Labute approximate surface area is 184 Å². The lowest BCUT2D eigenvalue weighted by Gasteiger charge is -2.32. The predicted molar refractivity (Wildman–Crippen MR) is 118 cm³/mol. The van der Waals surface area contributed by atoms with Gasteiger partial charge in [0.05, 0.1) is 4.92 Å². The van der Waals surface area contributed by atoms with Crippen LogP contribution in [0.15, 0.2) is 65.2 Å². The van der Waals surface area contributed by atoms with Crippen LogP contribution in [0.2, 0.25) is 0 Å². The average molecular weight is 433 g/mol. The zero-order valence-corrected chi connectivity index (χ0v) is 17.4. The number of amides is 1. The number of rotatable bonds is 7. The number of hydrogen-bond acceptors (Lipinski definition) is 7. The minimum atomic E-state index is -0.475. The summed E-state index contributed by atoms with van der Waals surface area (Å²) in [6.45, 7) is 2.80. The molecule has 0 bridgehead atoms. The standard InChI is InChI=1S/C23H23N5O4/c29-22(24-19-12-14-27(15-13-19)16-17-4-2-1-3-5-17)11-10-21-25-23(32-26-21)18-6-8-20(9-7-18)28(30)31/h1-11,19H,12-16H2,(H,24,29)/b11-10+. The van der Waals surface area contributed by atoms with Crippen LogP contribution in [0.3, 0.4) is 0 Å². The molecule has 4 rings (SSSR count). The fourth-order valence-electron chi connectivity index (χ4n) is 3.62. The van der Waals surface area contributed by atoms with Gasteiger partial charge in [-0.2, -0.15) is 4.98 Å². The zero-order chi connectivity index (χ0) is 22.3. The highest BCUT2D eigenvalue weighted by molar-refractivity contribution is 5.91. The van der Waals surface area contributed by atoms with Crippen LogP contribution in [0.1, 0.15) is 24.2 Å². The second-order valence-electron chi connectivity index (χ2n) is 7.64. The fraction of sp³-hybridized carbons (Fsp3) is 0.261. The van der Waals surface area contributed by atoms with Crippen molar-refractivity contribution in [2.24, 2.45) is 0 Å². The van der Waals surface area contributed by atoms with E-state index in [1.165, 1.54) is 42.0 Å². The molecule has 2 aromatic carbocycles. The van der Waals surface area contributed by atoms with Gasteiger partial charge in [0.15, 0.2) is 5.82 Å². The Kier molecular flexibility index (Phi) is 6.66. The fourth-order valence-corrected chi connectivity index (χ4v) is 3.62. The molecule has 0 spiro atoms. The third-order valence-corrected chi connectivity index (χ3v) is 5.33. The molecule has 1 fully saturated rings. The maximum Gasteiger partial charge on any atom is 0.269 e. The average Bonchev–Trinajstić information content (AvgIpc) is 3.29. The number of nitro benzene ring substituents is 1. The minimum Gasteiger partial charge on any atom is -0.350 e. The third-order valence-electron chi connectivity index (χ3n) is 5.33. The normalized spacial score (nSPS) is 15.1. The van der Waals surface area contributed by atoms with Gasteiger partial charge < -0.3 is 9.84 Å². The second-order valence-corrected chi connectivity index (χ2v) is 7.64. The van der Waals surface area contributed by atoms with E-state index in [1.807, 2.05) is 18.2 Å². The number of non-ortho nitro benzene ring substituents is 1. The first kappa shape index (κ1) is 21.4. The van der Waals surface area contributed by atoms with Gasteiger partial charge in [0.2, 0.25) is 5.91 Å². The number of benzene rings is 2. The summed E-state index contributed by atoms with van der Waals surface area (Å²) in [6.07, 6.45) is 4.68. The minimum absolute atomic E-state index is 0.0176. The molecule has 2 heterocycles. The monoisotopic (exact) mass is 433 g/mol. The molecular weight excluding hydrogens is 410 g/mol. The summed E-state index contributed by atoms with van der Waals surface area (Å²) in [5.41, 5.74) is 1.84. The molecular formula is C23H23N5O4. The van der Waals surface area contributed by atoms with Gasteiger partial charge in [0.25, 0.3) is 11.6 Å². The van der Waals surface area contributed by atoms with Crippen molar-refractivity contribution in [1.29, 1.82) is 0 Å². The predicted octanol–water partition coefficient (Wildman–Crippen LogP) is 3.44. The van der Waals surface area contributed by atoms with Gasteiger partial charge in [0, 0.05) is 49.4 Å². The molecule has 1 aromatic heterocycles. The number of aromatic nitrogens is 2. The smallest absolute Gasteiger partial charge is 0.269 e. The number of nitrogens with zero attached hydrogens (tertiary/aromatic N) is 4. The lowest BCUT2D eigenvalue weighted by molar-refractivity contribution is -0.384. The SMILES string of the molecule is O=C(/C=C/c1noc(-c2ccc([N+](=O)[O-])cc2)n1)NC1CCN(Cc2ccccc2)CC1. The summed E-state index contributed by atoms with van der Waals surface area (Å²) in [5, 5.41) is 17.6. The lowest BCUT2D eigenvalue weighted by atomic mass is 10.0. The topological polar surface area (TPSA) is 114 Å². The van der Waals surface area contributed by atoms with E-state index in [2.05, 4.69) is 32.5 Å². The maximum atomic E-state index is 12.3. The van der Waals surface area contributed by atoms with Gasteiger partial charge in [-0.1, -0.05) is 35.5 Å². The number of carbonyl (C=O) groups excluding carboxylic acids is 1. The first-order valence-corrected chi connectivity index (χ1v) is 10.4. The molecule has 9 heteroatoms. The molecule has 0 radical (unpaired) electrons. The Morgan fingerprint density at radius 2 is 1.88 bits per heavy atom. The van der Waals surface area contributed by atoms with E-state index in [-0.39, 0.29) is 29.4 Å². The lowest BCUT2D eigenvalue weighted by Crippen LogP contribution is -2.43. The summed E-state index contributed by atoms with van der Waals surface area (Å²) in [6, 6.07) is 16.3. The molecule has 9 nitrogen and oxygen atoms in total. The molecule has 1 saturated heterocycles. The summed E-state index contributed by atoms with van der Waals surface area (Å²) in [4.78, 5) is 29.1. The van der Waals surface area contributed by atoms with Crippen LogP contribution in [-0.4, -0.2) is 45.0 Å². The van der Waals surface area contributed by atoms with Crippen LogP contribution in [0.5, 0.6) is 0 Å². The van der Waals surface area contributed by atoms with Crippen molar-refractivity contribution < 1.29 is 14.2 Å². The van der Waals surface area contributed by atoms with Crippen molar-refractivity contribution in [1.82, 2.24) is 20.4 Å². The van der Waals surface area contributed by atoms with E-state index in [9.17, 15) is 14.9 Å². The van der Waals surface area contributed by atoms with Crippen LogP contribution in [0.25, 0.3) is 17.5 Å². The number of hydrogen-bond donors (Lipinski definition) is 1. The Morgan fingerprint density at radius 3 is 2.56 bits per heavy atom. The van der Waals surface area contributed by atoms with Crippen molar-refractivity contribution >= 4 is 17.7 Å². The molecule has 0 aliphatic carbocycles. The van der Waals surface area contributed by atoms with E-state index in [0.29, 0.717) is 5.56 Å². The summed E-state index contributed by atoms with van der Waals surface area (Å²) in [7, 11) is 0. The van der Waals surface area contributed by atoms with Crippen LogP contribution >= 0.6 is 0 Å². The van der Waals surface area contributed by atoms with Gasteiger partial charge in [0.1, 0.15) is 0 Å². The molecule has 164 valence electrons. The van der Waals surface area contributed by atoms with Crippen LogP contribution in [0, 0.1) is 10.1 Å². The van der Waals surface area contributed by atoms with E-state index in [1.54, 1.807) is 0 Å². The third kappa shape index (κ3) is 5.64. The highest BCUT2D eigenvalue weighted by atomic mass is 16.6. The molecule has 0 unspecified atom stereocenters. The van der Waals surface area contributed by atoms with E-state index in [4.69, 9.17) is 4.52 Å². The van der Waals surface area contributed by atoms with Crippen LogP contribution in [-0.2, 0) is 11.3 Å². The highest BCUT2D eigenvalue weighted by Gasteiger charge is 2.20. The Balaban J connectivity index is 1.25. The molecule has 0 atom stereocenters. The number of piperidine rings is 1. The number of likely N-dealkylation sites (tertiary alicyclic amines) is 1. The van der Waals surface area contributed by atoms with Crippen molar-refractivity contribution in [3.8, 4) is 11.5 Å². The van der Waals surface area contributed by atoms with Crippen LogP contribution < -0.4 is 5.32 Å². The number of nitro groups is 1.